The average molecular weight is 221 g/mol. The Kier molecular flexibility index (Phi) is 3.06. The van der Waals surface area contributed by atoms with Crippen LogP contribution in [0.4, 0.5) is 5.82 Å². The molecular formula is C11H15N3S. The molecule has 80 valence electrons. The molecule has 0 unspecified atom stereocenters. The van der Waals surface area contributed by atoms with Crippen molar-refractivity contribution in [3.05, 3.63) is 34.2 Å². The summed E-state index contributed by atoms with van der Waals surface area (Å²) in [6.07, 6.45) is 0. The number of nitrogens with zero attached hydrogens (tertiary/aromatic N) is 2. The lowest BCUT2D eigenvalue weighted by molar-refractivity contribution is 0.657. The minimum absolute atomic E-state index is 0.878. The van der Waals surface area contributed by atoms with E-state index in [1.807, 2.05) is 11.6 Å². The monoisotopic (exact) mass is 221 g/mol. The third-order valence-corrected chi connectivity index (χ3v) is 3.10. The van der Waals surface area contributed by atoms with Crippen LogP contribution in [0.2, 0.25) is 0 Å². The largest absolute Gasteiger partial charge is 0.365 e. The molecule has 0 aromatic carbocycles. The summed E-state index contributed by atoms with van der Waals surface area (Å²) in [5.74, 6) is 1.10. The van der Waals surface area contributed by atoms with E-state index in [0.29, 0.717) is 0 Å². The van der Waals surface area contributed by atoms with E-state index in [4.69, 9.17) is 0 Å². The van der Waals surface area contributed by atoms with Crippen molar-refractivity contribution in [1.29, 1.82) is 0 Å². The van der Waals surface area contributed by atoms with Crippen LogP contribution in [0.1, 0.15) is 17.5 Å². The Labute approximate surface area is 93.7 Å². The van der Waals surface area contributed by atoms with Gasteiger partial charge >= 0.3 is 0 Å². The first-order valence-electron chi connectivity index (χ1n) is 5.10. The van der Waals surface area contributed by atoms with Gasteiger partial charge in [0.2, 0.25) is 0 Å². The predicted octanol–water partition coefficient (Wildman–Crippen LogP) is 2.89. The number of hydrogen-bond donors (Lipinski definition) is 1. The molecule has 0 aliphatic carbocycles. The van der Waals surface area contributed by atoms with Crippen LogP contribution >= 0.6 is 11.3 Å². The van der Waals surface area contributed by atoms with Gasteiger partial charge in [0.1, 0.15) is 5.82 Å². The Hall–Kier alpha value is -1.29. The number of aromatic nitrogens is 2. The van der Waals surface area contributed by atoms with Gasteiger partial charge in [0.05, 0.1) is 12.2 Å². The molecule has 0 aliphatic rings. The molecule has 3 nitrogen and oxygen atoms in total. The molecule has 0 spiro atoms. The van der Waals surface area contributed by atoms with Crippen molar-refractivity contribution in [2.24, 2.45) is 0 Å². The van der Waals surface area contributed by atoms with E-state index < -0.39 is 0 Å². The van der Waals surface area contributed by atoms with Crippen LogP contribution in [0.15, 0.2) is 23.6 Å². The van der Waals surface area contributed by atoms with E-state index in [1.54, 1.807) is 11.3 Å². The van der Waals surface area contributed by atoms with Gasteiger partial charge in [-0.1, -0.05) is 6.07 Å². The van der Waals surface area contributed by atoms with Gasteiger partial charge in [0.25, 0.3) is 0 Å². The van der Waals surface area contributed by atoms with Gasteiger partial charge < -0.3 is 5.32 Å². The Bertz CT molecular complexity index is 417. The van der Waals surface area contributed by atoms with Crippen molar-refractivity contribution >= 4 is 17.2 Å². The third-order valence-electron chi connectivity index (χ3n) is 2.23. The first kappa shape index (κ1) is 10.2. The molecule has 15 heavy (non-hydrogen) atoms. The zero-order valence-corrected chi connectivity index (χ0v) is 9.84. The third kappa shape index (κ3) is 2.39. The summed E-state index contributed by atoms with van der Waals surface area (Å²) >= 11 is 1.77. The summed E-state index contributed by atoms with van der Waals surface area (Å²) in [5.41, 5.74) is 1.06. The van der Waals surface area contributed by atoms with Gasteiger partial charge in [0.15, 0.2) is 0 Å². The Morgan fingerprint density at radius 2 is 2.40 bits per heavy atom. The molecule has 0 aliphatic heterocycles. The smallest absolute Gasteiger partial charge is 0.124 e. The van der Waals surface area contributed by atoms with Gasteiger partial charge in [-0.2, -0.15) is 5.10 Å². The number of aryl methyl sites for hydroxylation is 2. The maximum absolute atomic E-state index is 4.39. The minimum Gasteiger partial charge on any atom is -0.365 e. The lowest BCUT2D eigenvalue weighted by Crippen LogP contribution is -2.05. The number of nitrogens with one attached hydrogen (secondary N) is 1. The van der Waals surface area contributed by atoms with Crippen LogP contribution in [0.3, 0.4) is 0 Å². The van der Waals surface area contributed by atoms with Crippen LogP contribution in [0.25, 0.3) is 0 Å². The van der Waals surface area contributed by atoms with Crippen LogP contribution in [0, 0.1) is 6.92 Å². The fraction of sp³-hybridized carbons (Fsp3) is 0.364. The predicted molar refractivity (Wildman–Crippen MR) is 64.3 cm³/mol. The van der Waals surface area contributed by atoms with Crippen molar-refractivity contribution in [3.8, 4) is 0 Å². The molecule has 0 radical (unpaired) electrons. The fourth-order valence-corrected chi connectivity index (χ4v) is 2.16. The van der Waals surface area contributed by atoms with Crippen LogP contribution in [-0.4, -0.2) is 9.78 Å². The molecular weight excluding hydrogens is 206 g/mol. The lowest BCUT2D eigenvalue weighted by atomic mass is 10.4. The zero-order chi connectivity index (χ0) is 10.7. The van der Waals surface area contributed by atoms with E-state index in [9.17, 15) is 0 Å². The van der Waals surface area contributed by atoms with E-state index in [0.717, 1.165) is 24.6 Å². The molecule has 0 saturated carbocycles. The van der Waals surface area contributed by atoms with Crippen molar-refractivity contribution in [2.75, 3.05) is 5.32 Å². The number of anilines is 1. The van der Waals surface area contributed by atoms with Gasteiger partial charge in [-0.15, -0.1) is 11.3 Å². The van der Waals surface area contributed by atoms with Crippen molar-refractivity contribution in [1.82, 2.24) is 9.78 Å². The second-order valence-corrected chi connectivity index (χ2v) is 4.45. The van der Waals surface area contributed by atoms with E-state index in [2.05, 4.69) is 40.9 Å². The number of rotatable bonds is 4. The Morgan fingerprint density at radius 1 is 1.53 bits per heavy atom. The van der Waals surface area contributed by atoms with Crippen LogP contribution in [-0.2, 0) is 13.1 Å². The maximum Gasteiger partial charge on any atom is 0.124 e. The summed E-state index contributed by atoms with van der Waals surface area (Å²) < 4.78 is 1.99. The van der Waals surface area contributed by atoms with E-state index in [1.165, 1.54) is 4.88 Å². The summed E-state index contributed by atoms with van der Waals surface area (Å²) in [7, 11) is 0. The molecule has 1 N–H and O–H groups in total. The molecule has 0 saturated heterocycles. The summed E-state index contributed by atoms with van der Waals surface area (Å²) in [4.78, 5) is 1.34. The molecule has 2 aromatic heterocycles. The van der Waals surface area contributed by atoms with E-state index in [-0.39, 0.29) is 0 Å². The maximum atomic E-state index is 4.39. The highest BCUT2D eigenvalue weighted by molar-refractivity contribution is 7.09. The lowest BCUT2D eigenvalue weighted by Gasteiger charge is -2.06. The summed E-state index contributed by atoms with van der Waals surface area (Å²) in [6, 6.07) is 6.29. The fourth-order valence-electron chi connectivity index (χ4n) is 1.52. The Balaban J connectivity index is 2.04. The Morgan fingerprint density at radius 3 is 3.07 bits per heavy atom. The highest BCUT2D eigenvalue weighted by atomic mass is 32.1. The van der Waals surface area contributed by atoms with E-state index >= 15 is 0 Å². The number of hydrogen-bond acceptors (Lipinski definition) is 3. The normalized spacial score (nSPS) is 10.5. The number of thiophene rings is 1. The van der Waals surface area contributed by atoms with Gasteiger partial charge in [-0.3, -0.25) is 0 Å². The van der Waals surface area contributed by atoms with Gasteiger partial charge in [0, 0.05) is 17.5 Å². The second-order valence-electron chi connectivity index (χ2n) is 3.42. The zero-order valence-electron chi connectivity index (χ0n) is 9.03. The van der Waals surface area contributed by atoms with Crippen molar-refractivity contribution < 1.29 is 0 Å². The highest BCUT2D eigenvalue weighted by Crippen LogP contribution is 2.14. The van der Waals surface area contributed by atoms with Crippen LogP contribution in [0.5, 0.6) is 0 Å². The molecule has 4 heteroatoms. The molecule has 0 bridgehead atoms. The standard InChI is InChI=1S/C11H15N3S/c1-3-14-11(7-9(2)13-14)12-8-10-5-4-6-15-10/h4-7,12H,3,8H2,1-2H3. The molecule has 0 atom stereocenters. The topological polar surface area (TPSA) is 29.9 Å². The molecule has 0 amide bonds. The SMILES string of the molecule is CCn1nc(C)cc1NCc1cccs1. The molecule has 2 heterocycles. The first-order chi connectivity index (χ1) is 7.29. The average Bonchev–Trinajstić information content (AvgIpc) is 2.83. The second kappa shape index (κ2) is 4.49. The molecule has 2 aromatic rings. The molecule has 0 fully saturated rings. The summed E-state index contributed by atoms with van der Waals surface area (Å²) in [5, 5.41) is 9.88. The van der Waals surface area contributed by atoms with Crippen molar-refractivity contribution in [2.45, 2.75) is 26.9 Å². The first-order valence-corrected chi connectivity index (χ1v) is 5.98. The molecule has 2 rings (SSSR count). The van der Waals surface area contributed by atoms with Crippen LogP contribution < -0.4 is 5.32 Å². The van der Waals surface area contributed by atoms with Gasteiger partial charge in [-0.05, 0) is 25.3 Å². The van der Waals surface area contributed by atoms with Crippen molar-refractivity contribution in [3.63, 3.8) is 0 Å². The van der Waals surface area contributed by atoms with Gasteiger partial charge in [-0.25, -0.2) is 4.68 Å². The minimum atomic E-state index is 0.878. The quantitative estimate of drug-likeness (QED) is 0.860. The summed E-state index contributed by atoms with van der Waals surface area (Å²) in [6.45, 7) is 5.90. The highest BCUT2D eigenvalue weighted by Gasteiger charge is 2.03.